The van der Waals surface area contributed by atoms with Crippen LogP contribution in [-0.4, -0.2) is 31.4 Å². The minimum absolute atomic E-state index is 0.106. The van der Waals surface area contributed by atoms with E-state index in [1.165, 1.54) is 12.1 Å². The number of amides is 1. The molecule has 21 heavy (non-hydrogen) atoms. The molecule has 1 rings (SSSR count). The maximum absolute atomic E-state index is 12.1. The maximum Gasteiger partial charge on any atom is 0.321 e. The monoisotopic (exact) mass is 354 g/mol. The molecule has 116 valence electrons. The number of carbonyl (C=O) groups excluding carboxylic acids is 1. The van der Waals surface area contributed by atoms with E-state index in [4.69, 9.17) is 34.0 Å². The SMILES string of the molecule is NC(=O)CCC(NS(=O)(=O)c1cc(Cl)ccc1Cl)C(=O)O. The van der Waals surface area contributed by atoms with Crippen molar-refractivity contribution in [1.82, 2.24) is 4.72 Å². The van der Waals surface area contributed by atoms with E-state index >= 15 is 0 Å². The zero-order chi connectivity index (χ0) is 16.2. The van der Waals surface area contributed by atoms with Crippen LogP contribution in [0.15, 0.2) is 23.1 Å². The molecule has 10 heteroatoms. The fourth-order valence-corrected chi connectivity index (χ4v) is 3.44. The molecule has 7 nitrogen and oxygen atoms in total. The highest BCUT2D eigenvalue weighted by Crippen LogP contribution is 2.25. The zero-order valence-electron chi connectivity index (χ0n) is 10.5. The van der Waals surface area contributed by atoms with Gasteiger partial charge < -0.3 is 10.8 Å². The van der Waals surface area contributed by atoms with Crippen LogP contribution in [0.5, 0.6) is 0 Å². The first-order chi connectivity index (χ1) is 9.63. The number of nitrogens with two attached hydrogens (primary N) is 1. The number of carboxylic acids is 1. The quantitative estimate of drug-likeness (QED) is 0.672. The molecule has 0 radical (unpaired) electrons. The summed E-state index contributed by atoms with van der Waals surface area (Å²) in [7, 11) is -4.20. The zero-order valence-corrected chi connectivity index (χ0v) is 12.9. The van der Waals surface area contributed by atoms with E-state index in [1.54, 1.807) is 0 Å². The average molecular weight is 355 g/mol. The highest BCUT2D eigenvalue weighted by atomic mass is 35.5. The van der Waals surface area contributed by atoms with Gasteiger partial charge in [-0.25, -0.2) is 8.42 Å². The molecule has 1 aromatic rings. The Bertz CT molecular complexity index is 663. The molecule has 0 spiro atoms. The van der Waals surface area contributed by atoms with Crippen LogP contribution in [0, 0.1) is 0 Å². The summed E-state index contributed by atoms with van der Waals surface area (Å²) in [5, 5.41) is 9.01. The normalized spacial score (nSPS) is 12.9. The number of sulfonamides is 1. The molecule has 0 aliphatic rings. The lowest BCUT2D eigenvalue weighted by atomic mass is 10.2. The van der Waals surface area contributed by atoms with E-state index in [-0.39, 0.29) is 27.8 Å². The molecule has 0 saturated carbocycles. The van der Waals surface area contributed by atoms with Crippen molar-refractivity contribution in [2.45, 2.75) is 23.8 Å². The lowest BCUT2D eigenvalue weighted by Crippen LogP contribution is -2.41. The number of rotatable bonds is 7. The summed E-state index contributed by atoms with van der Waals surface area (Å²) >= 11 is 11.5. The smallest absolute Gasteiger partial charge is 0.321 e. The molecule has 1 amide bonds. The van der Waals surface area contributed by atoms with Gasteiger partial charge in [-0.2, -0.15) is 4.72 Å². The van der Waals surface area contributed by atoms with E-state index in [0.717, 1.165) is 6.07 Å². The predicted octanol–water partition coefficient (Wildman–Crippen LogP) is 0.990. The molecule has 1 atom stereocenters. The average Bonchev–Trinajstić information content (AvgIpc) is 2.36. The Morgan fingerprint density at radius 1 is 1.33 bits per heavy atom. The van der Waals surface area contributed by atoms with Crippen LogP contribution in [0.2, 0.25) is 10.0 Å². The number of carbonyl (C=O) groups is 2. The van der Waals surface area contributed by atoms with Crippen LogP contribution >= 0.6 is 23.2 Å². The minimum atomic E-state index is -4.20. The first-order valence-corrected chi connectivity index (χ1v) is 7.86. The van der Waals surface area contributed by atoms with Crippen molar-refractivity contribution < 1.29 is 23.1 Å². The third-order valence-electron chi connectivity index (χ3n) is 2.46. The molecule has 0 heterocycles. The fraction of sp³-hybridized carbons (Fsp3) is 0.273. The van der Waals surface area contributed by atoms with Crippen molar-refractivity contribution in [1.29, 1.82) is 0 Å². The molecule has 4 N–H and O–H groups in total. The van der Waals surface area contributed by atoms with Crippen molar-refractivity contribution in [3.8, 4) is 0 Å². The van der Waals surface area contributed by atoms with E-state index in [1.807, 2.05) is 4.72 Å². The third kappa shape index (κ3) is 5.16. The molecule has 0 aromatic heterocycles. The van der Waals surface area contributed by atoms with Crippen molar-refractivity contribution in [3.05, 3.63) is 28.2 Å². The number of primary amides is 1. The summed E-state index contributed by atoms with van der Waals surface area (Å²) in [6.45, 7) is 0. The second kappa shape index (κ2) is 7.08. The predicted molar refractivity (Wildman–Crippen MR) is 76.6 cm³/mol. The Morgan fingerprint density at radius 2 is 1.95 bits per heavy atom. The van der Waals surface area contributed by atoms with Gasteiger partial charge in [-0.15, -0.1) is 0 Å². The van der Waals surface area contributed by atoms with Gasteiger partial charge in [0.1, 0.15) is 10.9 Å². The van der Waals surface area contributed by atoms with Crippen LogP contribution in [0.3, 0.4) is 0 Å². The Labute approximate surface area is 131 Å². The Hall–Kier alpha value is -1.35. The van der Waals surface area contributed by atoms with Gasteiger partial charge >= 0.3 is 5.97 Å². The molecular formula is C11H12Cl2N2O5S. The molecule has 1 aromatic carbocycles. The summed E-state index contributed by atoms with van der Waals surface area (Å²) < 4.78 is 26.2. The summed E-state index contributed by atoms with van der Waals surface area (Å²) in [5.41, 5.74) is 4.91. The van der Waals surface area contributed by atoms with Gasteiger partial charge in [0.2, 0.25) is 15.9 Å². The first-order valence-electron chi connectivity index (χ1n) is 5.62. The number of nitrogens with one attached hydrogen (secondary N) is 1. The van der Waals surface area contributed by atoms with Crippen LogP contribution < -0.4 is 10.5 Å². The summed E-state index contributed by atoms with van der Waals surface area (Å²) in [6, 6.07) is 2.26. The van der Waals surface area contributed by atoms with Gasteiger partial charge in [-0.1, -0.05) is 23.2 Å². The second-order valence-corrected chi connectivity index (χ2v) is 6.62. The molecule has 0 saturated heterocycles. The molecule has 0 aliphatic carbocycles. The van der Waals surface area contributed by atoms with Crippen LogP contribution in [0.25, 0.3) is 0 Å². The summed E-state index contributed by atoms with van der Waals surface area (Å²) in [6.07, 6.45) is -0.551. The number of hydrogen-bond donors (Lipinski definition) is 3. The van der Waals surface area contributed by atoms with E-state index in [0.29, 0.717) is 0 Å². The van der Waals surface area contributed by atoms with E-state index < -0.39 is 27.9 Å². The van der Waals surface area contributed by atoms with Crippen molar-refractivity contribution >= 4 is 45.1 Å². The highest BCUT2D eigenvalue weighted by molar-refractivity contribution is 7.89. The molecular weight excluding hydrogens is 343 g/mol. The van der Waals surface area contributed by atoms with Crippen LogP contribution in [0.4, 0.5) is 0 Å². The fourth-order valence-electron chi connectivity index (χ4n) is 1.45. The number of halogens is 2. The standard InChI is InChI=1S/C11H12Cl2N2O5S/c12-6-1-2-7(13)9(5-6)21(19,20)15-8(11(17)18)3-4-10(14)16/h1-2,5,8,15H,3-4H2,(H2,14,16)(H,17,18). The summed E-state index contributed by atoms with van der Waals surface area (Å²) in [4.78, 5) is 21.4. The number of carboxylic acid groups (broad SMARTS) is 1. The van der Waals surface area contributed by atoms with Crippen LogP contribution in [-0.2, 0) is 19.6 Å². The maximum atomic E-state index is 12.1. The van der Waals surface area contributed by atoms with Gasteiger partial charge in [0.25, 0.3) is 0 Å². The number of benzene rings is 1. The van der Waals surface area contributed by atoms with Gasteiger partial charge in [0.15, 0.2) is 0 Å². The Morgan fingerprint density at radius 3 is 2.48 bits per heavy atom. The minimum Gasteiger partial charge on any atom is -0.480 e. The van der Waals surface area contributed by atoms with Gasteiger partial charge in [-0.3, -0.25) is 9.59 Å². The Kier molecular flexibility index (Phi) is 5.97. The molecule has 0 fully saturated rings. The molecule has 0 bridgehead atoms. The first kappa shape index (κ1) is 17.7. The van der Waals surface area contributed by atoms with Gasteiger partial charge in [-0.05, 0) is 24.6 Å². The number of aliphatic carboxylic acids is 1. The molecule has 1 unspecified atom stereocenters. The lowest BCUT2D eigenvalue weighted by molar-refractivity contribution is -0.139. The van der Waals surface area contributed by atoms with Crippen LogP contribution in [0.1, 0.15) is 12.8 Å². The van der Waals surface area contributed by atoms with E-state index in [2.05, 4.69) is 0 Å². The largest absolute Gasteiger partial charge is 0.480 e. The van der Waals surface area contributed by atoms with Crippen molar-refractivity contribution in [2.75, 3.05) is 0 Å². The number of hydrogen-bond acceptors (Lipinski definition) is 4. The summed E-state index contributed by atoms with van der Waals surface area (Å²) in [5.74, 6) is -2.17. The second-order valence-electron chi connectivity index (χ2n) is 4.09. The third-order valence-corrected chi connectivity index (χ3v) is 4.65. The molecule has 0 aliphatic heterocycles. The Balaban J connectivity index is 3.03. The van der Waals surface area contributed by atoms with E-state index in [9.17, 15) is 18.0 Å². The van der Waals surface area contributed by atoms with Gasteiger partial charge in [0, 0.05) is 11.4 Å². The lowest BCUT2D eigenvalue weighted by Gasteiger charge is -2.15. The van der Waals surface area contributed by atoms with Gasteiger partial charge in [0.05, 0.1) is 5.02 Å². The van der Waals surface area contributed by atoms with Crippen molar-refractivity contribution in [2.24, 2.45) is 5.73 Å². The highest BCUT2D eigenvalue weighted by Gasteiger charge is 2.27. The van der Waals surface area contributed by atoms with Crippen molar-refractivity contribution in [3.63, 3.8) is 0 Å². The topological polar surface area (TPSA) is 127 Å².